The third-order valence-electron chi connectivity index (χ3n) is 9.48. The number of allylic oxidation sites excluding steroid dienone is 2. The molecule has 1 heterocycles. The van der Waals surface area contributed by atoms with E-state index in [4.69, 9.17) is 9.36 Å². The van der Waals surface area contributed by atoms with Crippen LogP contribution in [0.5, 0.6) is 0 Å². The topological polar surface area (TPSA) is 84.0 Å². The van der Waals surface area contributed by atoms with E-state index in [2.05, 4.69) is 35.2 Å². The molecule has 1 N–H and O–H groups in total. The number of aliphatic hydroxyl groups excluding tert-OH is 1. The summed E-state index contributed by atoms with van der Waals surface area (Å²) in [6.45, 7) is 5.98. The van der Waals surface area contributed by atoms with Gasteiger partial charge in [-0.1, -0.05) is 29.7 Å². The third kappa shape index (κ3) is 4.16. The van der Waals surface area contributed by atoms with Crippen molar-refractivity contribution in [2.24, 2.45) is 33.7 Å². The van der Waals surface area contributed by atoms with E-state index >= 15 is 0 Å². The standard InChI is InChI=1S/C26H40N4O3/c1-25-12-9-18(28-32-14-11-24-27-23(29-33-24)16-30(3)4)15-17(25)5-6-19-20-7-8-22(31)26(20,2)13-10-21(19)25/h15,19-22,31H,5-14,16H2,1-4H3/t19?,20?,21-,22?,25?,26?/m1/s1. The van der Waals surface area contributed by atoms with Crippen molar-refractivity contribution in [1.29, 1.82) is 0 Å². The fourth-order valence-electron chi connectivity index (χ4n) is 7.62. The van der Waals surface area contributed by atoms with E-state index < -0.39 is 0 Å². The molecule has 5 rings (SSSR count). The van der Waals surface area contributed by atoms with Crippen LogP contribution in [0.4, 0.5) is 0 Å². The summed E-state index contributed by atoms with van der Waals surface area (Å²) >= 11 is 0. The first kappa shape index (κ1) is 23.0. The summed E-state index contributed by atoms with van der Waals surface area (Å²) in [5, 5.41) is 19.1. The van der Waals surface area contributed by atoms with Gasteiger partial charge in [-0.3, -0.25) is 0 Å². The highest BCUT2D eigenvalue weighted by molar-refractivity contribution is 5.96. The Morgan fingerprint density at radius 3 is 2.82 bits per heavy atom. The van der Waals surface area contributed by atoms with E-state index in [1.165, 1.54) is 25.7 Å². The van der Waals surface area contributed by atoms with Gasteiger partial charge in [-0.15, -0.1) is 0 Å². The molecule has 0 bridgehead atoms. The number of aliphatic hydroxyl groups is 1. The second-order valence-electron chi connectivity index (χ2n) is 11.6. The lowest BCUT2D eigenvalue weighted by molar-refractivity contribution is -0.0722. The molecule has 0 radical (unpaired) electrons. The first-order valence-corrected chi connectivity index (χ1v) is 12.8. The van der Waals surface area contributed by atoms with Crippen LogP contribution < -0.4 is 0 Å². The van der Waals surface area contributed by atoms with Gasteiger partial charge >= 0.3 is 0 Å². The molecule has 4 aliphatic carbocycles. The first-order valence-electron chi connectivity index (χ1n) is 12.8. The van der Waals surface area contributed by atoms with Gasteiger partial charge < -0.3 is 19.4 Å². The predicted octanol–water partition coefficient (Wildman–Crippen LogP) is 4.37. The Labute approximate surface area is 197 Å². The maximum absolute atomic E-state index is 10.7. The van der Waals surface area contributed by atoms with Crippen LogP contribution in [0.15, 0.2) is 21.3 Å². The van der Waals surface area contributed by atoms with Crippen LogP contribution in [0.1, 0.15) is 76.9 Å². The van der Waals surface area contributed by atoms with Crippen LogP contribution in [-0.2, 0) is 17.8 Å². The van der Waals surface area contributed by atoms with Crippen molar-refractivity contribution in [2.75, 3.05) is 20.7 Å². The summed E-state index contributed by atoms with van der Waals surface area (Å²) in [7, 11) is 3.96. The second kappa shape index (κ2) is 8.81. The summed E-state index contributed by atoms with van der Waals surface area (Å²) in [5.41, 5.74) is 3.07. The molecule has 0 aliphatic heterocycles. The van der Waals surface area contributed by atoms with Crippen LogP contribution in [0, 0.1) is 28.6 Å². The van der Waals surface area contributed by atoms with Gasteiger partial charge in [-0.25, -0.2) is 0 Å². The Kier molecular flexibility index (Phi) is 6.15. The summed E-state index contributed by atoms with van der Waals surface area (Å²) in [4.78, 5) is 12.1. The average molecular weight is 457 g/mol. The highest BCUT2D eigenvalue weighted by Crippen LogP contribution is 2.65. The molecule has 5 unspecified atom stereocenters. The molecule has 33 heavy (non-hydrogen) atoms. The number of hydrogen-bond acceptors (Lipinski definition) is 7. The first-order chi connectivity index (χ1) is 15.8. The number of hydrogen-bond donors (Lipinski definition) is 1. The van der Waals surface area contributed by atoms with Gasteiger partial charge in [0.1, 0.15) is 6.61 Å². The van der Waals surface area contributed by atoms with Crippen molar-refractivity contribution < 1.29 is 14.5 Å². The number of nitrogens with zero attached hydrogens (tertiary/aromatic N) is 4. The van der Waals surface area contributed by atoms with Crippen LogP contribution in [0.3, 0.4) is 0 Å². The molecule has 7 heteroatoms. The Hall–Kier alpha value is -1.73. The predicted molar refractivity (Wildman–Crippen MR) is 126 cm³/mol. The third-order valence-corrected chi connectivity index (χ3v) is 9.48. The van der Waals surface area contributed by atoms with Crippen molar-refractivity contribution in [1.82, 2.24) is 15.0 Å². The zero-order chi connectivity index (χ0) is 23.2. The highest BCUT2D eigenvalue weighted by Gasteiger charge is 2.58. The van der Waals surface area contributed by atoms with E-state index in [1.54, 1.807) is 5.57 Å². The molecule has 0 amide bonds. The van der Waals surface area contributed by atoms with Crippen molar-refractivity contribution in [3.63, 3.8) is 0 Å². The summed E-state index contributed by atoms with van der Waals surface area (Å²) in [5.74, 6) is 3.51. The van der Waals surface area contributed by atoms with E-state index in [-0.39, 0.29) is 16.9 Å². The van der Waals surface area contributed by atoms with Crippen LogP contribution in [-0.4, -0.2) is 52.7 Å². The van der Waals surface area contributed by atoms with Crippen molar-refractivity contribution in [2.45, 2.75) is 84.3 Å². The molecular formula is C26H40N4O3. The maximum atomic E-state index is 10.7. The van der Waals surface area contributed by atoms with Crippen molar-refractivity contribution >= 4 is 5.71 Å². The fourth-order valence-corrected chi connectivity index (χ4v) is 7.62. The van der Waals surface area contributed by atoms with Crippen LogP contribution >= 0.6 is 0 Å². The molecule has 4 aliphatic rings. The Balaban J connectivity index is 1.20. The van der Waals surface area contributed by atoms with E-state index in [0.717, 1.165) is 43.2 Å². The molecule has 6 atom stereocenters. The molecule has 7 nitrogen and oxygen atoms in total. The zero-order valence-corrected chi connectivity index (χ0v) is 20.7. The Morgan fingerprint density at radius 1 is 1.15 bits per heavy atom. The van der Waals surface area contributed by atoms with Crippen LogP contribution in [0.2, 0.25) is 0 Å². The fraction of sp³-hybridized carbons (Fsp3) is 0.808. The Morgan fingerprint density at radius 2 is 2.00 bits per heavy atom. The van der Waals surface area contributed by atoms with Gasteiger partial charge in [0.05, 0.1) is 24.8 Å². The molecule has 3 saturated carbocycles. The van der Waals surface area contributed by atoms with Gasteiger partial charge in [-0.05, 0) is 100 Å². The SMILES string of the molecule is CN(C)Cc1noc(CCON=C2C=C3CCC4C5CCC(O)C5(C)CC[C@H]4C3(C)CC2)n1. The smallest absolute Gasteiger partial charge is 0.230 e. The van der Waals surface area contributed by atoms with E-state index in [0.29, 0.717) is 37.2 Å². The molecule has 0 aromatic carbocycles. The van der Waals surface area contributed by atoms with Crippen molar-refractivity contribution in [3.8, 4) is 0 Å². The lowest BCUT2D eigenvalue weighted by Crippen LogP contribution is -2.51. The summed E-state index contributed by atoms with van der Waals surface area (Å²) < 4.78 is 5.29. The van der Waals surface area contributed by atoms with Crippen LogP contribution in [0.25, 0.3) is 0 Å². The molecule has 182 valence electrons. The van der Waals surface area contributed by atoms with Gasteiger partial charge in [0, 0.05) is 0 Å². The second-order valence-corrected chi connectivity index (χ2v) is 11.6. The number of fused-ring (bicyclic) bond motifs is 5. The minimum absolute atomic E-state index is 0.0952. The number of oxime groups is 1. The summed E-state index contributed by atoms with van der Waals surface area (Å²) in [6.07, 6.45) is 12.0. The normalized spacial score (nSPS) is 39.2. The minimum atomic E-state index is -0.0952. The summed E-state index contributed by atoms with van der Waals surface area (Å²) in [6, 6.07) is 0. The molecule has 1 aromatic rings. The largest absolute Gasteiger partial charge is 0.395 e. The average Bonchev–Trinajstić information content (AvgIpc) is 3.34. The maximum Gasteiger partial charge on any atom is 0.230 e. The Bertz CT molecular complexity index is 924. The molecule has 0 spiro atoms. The van der Waals surface area contributed by atoms with E-state index in [1.807, 2.05) is 19.0 Å². The number of aromatic nitrogens is 2. The van der Waals surface area contributed by atoms with Crippen molar-refractivity contribution in [3.05, 3.63) is 23.4 Å². The molecule has 0 saturated heterocycles. The van der Waals surface area contributed by atoms with Gasteiger partial charge in [0.2, 0.25) is 5.89 Å². The lowest BCUT2D eigenvalue weighted by Gasteiger charge is -2.57. The van der Waals surface area contributed by atoms with Gasteiger partial charge in [-0.2, -0.15) is 4.98 Å². The van der Waals surface area contributed by atoms with Gasteiger partial charge in [0.15, 0.2) is 5.82 Å². The van der Waals surface area contributed by atoms with Gasteiger partial charge in [0.25, 0.3) is 0 Å². The van der Waals surface area contributed by atoms with E-state index in [9.17, 15) is 5.11 Å². The number of rotatable bonds is 6. The molecule has 3 fully saturated rings. The molecular weight excluding hydrogens is 416 g/mol. The zero-order valence-electron chi connectivity index (χ0n) is 20.7. The highest BCUT2D eigenvalue weighted by atomic mass is 16.6. The lowest BCUT2D eigenvalue weighted by atomic mass is 9.47. The minimum Gasteiger partial charge on any atom is -0.395 e. The monoisotopic (exact) mass is 456 g/mol. The molecule has 1 aromatic heterocycles. The quantitative estimate of drug-likeness (QED) is 0.505.